The van der Waals surface area contributed by atoms with Crippen molar-refractivity contribution in [1.82, 2.24) is 18.2 Å². The summed E-state index contributed by atoms with van der Waals surface area (Å²) in [6.07, 6.45) is 3.79. The third-order valence-electron chi connectivity index (χ3n) is 5.97. The lowest BCUT2D eigenvalue weighted by molar-refractivity contribution is 0.243. The molecule has 3 heterocycles. The van der Waals surface area contributed by atoms with Crippen LogP contribution in [-0.2, 0) is 17.3 Å². The van der Waals surface area contributed by atoms with Crippen molar-refractivity contribution in [3.05, 3.63) is 30.1 Å². The second kappa shape index (κ2) is 6.94. The second-order valence-corrected chi connectivity index (χ2v) is 9.73. The Balaban J connectivity index is 1.56. The molecule has 7 heteroatoms. The molecule has 0 unspecified atom stereocenters. The number of aryl methyl sites for hydroxylation is 1. The Morgan fingerprint density at radius 1 is 1.04 bits per heavy atom. The molecule has 142 valence electrons. The molecule has 0 saturated carbocycles. The van der Waals surface area contributed by atoms with Gasteiger partial charge in [-0.25, -0.2) is 4.98 Å². The summed E-state index contributed by atoms with van der Waals surface area (Å²) in [6.45, 7) is 4.65. The predicted octanol–water partition coefficient (Wildman–Crippen LogP) is 2.73. The lowest BCUT2D eigenvalue weighted by atomic mass is 9.99. The molecular formula is C19H28N4O2S. The molecule has 26 heavy (non-hydrogen) atoms. The molecule has 2 aliphatic rings. The molecule has 1 aromatic carbocycles. The van der Waals surface area contributed by atoms with Crippen molar-refractivity contribution in [2.24, 2.45) is 13.0 Å². The van der Waals surface area contributed by atoms with E-state index in [-0.39, 0.29) is 5.92 Å². The lowest BCUT2D eigenvalue weighted by Gasteiger charge is -2.37. The van der Waals surface area contributed by atoms with Gasteiger partial charge in [-0.3, -0.25) is 0 Å². The van der Waals surface area contributed by atoms with Crippen LogP contribution in [0.1, 0.15) is 44.3 Å². The Morgan fingerprint density at radius 3 is 2.50 bits per heavy atom. The van der Waals surface area contributed by atoms with E-state index in [1.54, 1.807) is 8.61 Å². The number of para-hydroxylation sites is 2. The molecule has 0 spiro atoms. The van der Waals surface area contributed by atoms with Gasteiger partial charge in [0.15, 0.2) is 0 Å². The molecule has 6 nitrogen and oxygen atoms in total. The van der Waals surface area contributed by atoms with E-state index in [0.29, 0.717) is 32.1 Å². The Hall–Kier alpha value is -1.44. The number of aromatic nitrogens is 2. The summed E-state index contributed by atoms with van der Waals surface area (Å²) in [6, 6.07) is 8.10. The van der Waals surface area contributed by atoms with Crippen molar-refractivity contribution in [3.63, 3.8) is 0 Å². The molecule has 2 saturated heterocycles. The number of benzene rings is 1. The summed E-state index contributed by atoms with van der Waals surface area (Å²) < 4.78 is 31.7. The summed E-state index contributed by atoms with van der Waals surface area (Å²) in [4.78, 5) is 4.80. The van der Waals surface area contributed by atoms with Crippen molar-refractivity contribution in [2.75, 3.05) is 26.2 Å². The zero-order valence-corrected chi connectivity index (χ0v) is 16.5. The van der Waals surface area contributed by atoms with E-state index in [4.69, 9.17) is 4.98 Å². The summed E-state index contributed by atoms with van der Waals surface area (Å²) >= 11 is 0. The first-order chi connectivity index (χ1) is 12.5. The normalized spacial score (nSPS) is 24.3. The minimum Gasteiger partial charge on any atom is -0.331 e. The van der Waals surface area contributed by atoms with Gasteiger partial charge in [0.25, 0.3) is 10.2 Å². The molecule has 0 radical (unpaired) electrons. The molecule has 2 aliphatic heterocycles. The van der Waals surface area contributed by atoms with Gasteiger partial charge in [-0.1, -0.05) is 19.1 Å². The van der Waals surface area contributed by atoms with Crippen LogP contribution in [-0.4, -0.2) is 52.8 Å². The first kappa shape index (κ1) is 17.9. The van der Waals surface area contributed by atoms with Crippen LogP contribution < -0.4 is 0 Å². The monoisotopic (exact) mass is 376 g/mol. The third kappa shape index (κ3) is 3.17. The smallest absolute Gasteiger partial charge is 0.281 e. The SMILES string of the molecule is CC1CCN(S(=O)(=O)N2CCC[C@@H](c3nc4ccccc4n3C)C2)CC1. The van der Waals surface area contributed by atoms with Gasteiger partial charge in [-0.15, -0.1) is 0 Å². The number of fused-ring (bicyclic) bond motifs is 1. The van der Waals surface area contributed by atoms with Crippen molar-refractivity contribution < 1.29 is 8.42 Å². The number of rotatable bonds is 3. The van der Waals surface area contributed by atoms with E-state index < -0.39 is 10.2 Å². The average molecular weight is 377 g/mol. The van der Waals surface area contributed by atoms with Crippen molar-refractivity contribution in [2.45, 2.75) is 38.5 Å². The van der Waals surface area contributed by atoms with Gasteiger partial charge in [-0.05, 0) is 43.7 Å². The van der Waals surface area contributed by atoms with Crippen molar-refractivity contribution in [3.8, 4) is 0 Å². The van der Waals surface area contributed by atoms with Crippen molar-refractivity contribution in [1.29, 1.82) is 0 Å². The van der Waals surface area contributed by atoms with Gasteiger partial charge < -0.3 is 4.57 Å². The lowest BCUT2D eigenvalue weighted by Crippen LogP contribution is -2.49. The molecule has 2 fully saturated rings. The van der Waals surface area contributed by atoms with Gasteiger partial charge in [0.2, 0.25) is 0 Å². The van der Waals surface area contributed by atoms with Crippen molar-refractivity contribution >= 4 is 21.2 Å². The topological polar surface area (TPSA) is 58.4 Å². The third-order valence-corrected chi connectivity index (χ3v) is 7.97. The van der Waals surface area contributed by atoms with Crippen LogP contribution in [0.5, 0.6) is 0 Å². The largest absolute Gasteiger partial charge is 0.331 e. The summed E-state index contributed by atoms with van der Waals surface area (Å²) in [5, 5.41) is 0. The van der Waals surface area contributed by atoms with Gasteiger partial charge in [0.05, 0.1) is 11.0 Å². The fourth-order valence-electron chi connectivity index (χ4n) is 4.27. The van der Waals surface area contributed by atoms with Gasteiger partial charge in [-0.2, -0.15) is 17.0 Å². The quantitative estimate of drug-likeness (QED) is 0.828. The van der Waals surface area contributed by atoms with Crippen LogP contribution in [0.3, 0.4) is 0 Å². The van der Waals surface area contributed by atoms with Gasteiger partial charge >= 0.3 is 0 Å². The Bertz CT molecular complexity index is 884. The number of imidazole rings is 1. The summed E-state index contributed by atoms with van der Waals surface area (Å²) in [5.74, 6) is 1.77. The number of nitrogens with zero attached hydrogens (tertiary/aromatic N) is 4. The van der Waals surface area contributed by atoms with Crippen LogP contribution in [0.4, 0.5) is 0 Å². The highest BCUT2D eigenvalue weighted by Gasteiger charge is 2.36. The van der Waals surface area contributed by atoms with Crippen LogP contribution in [0.25, 0.3) is 11.0 Å². The minimum absolute atomic E-state index is 0.152. The van der Waals surface area contributed by atoms with E-state index in [2.05, 4.69) is 17.6 Å². The first-order valence-electron chi connectivity index (χ1n) is 9.63. The maximum absolute atomic E-state index is 13.1. The zero-order chi connectivity index (χ0) is 18.3. The predicted molar refractivity (Wildman–Crippen MR) is 103 cm³/mol. The molecular weight excluding hydrogens is 348 g/mol. The molecule has 0 bridgehead atoms. The summed E-state index contributed by atoms with van der Waals surface area (Å²) in [5.41, 5.74) is 2.09. The highest BCUT2D eigenvalue weighted by atomic mass is 32.2. The highest BCUT2D eigenvalue weighted by Crippen LogP contribution is 2.31. The molecule has 0 N–H and O–H groups in total. The maximum Gasteiger partial charge on any atom is 0.281 e. The van der Waals surface area contributed by atoms with E-state index >= 15 is 0 Å². The van der Waals surface area contributed by atoms with Crippen LogP contribution >= 0.6 is 0 Å². The van der Waals surface area contributed by atoms with Crippen LogP contribution in [0.15, 0.2) is 24.3 Å². The van der Waals surface area contributed by atoms with Gasteiger partial charge in [0.1, 0.15) is 5.82 Å². The standard InChI is InChI=1S/C19H28N4O2S/c1-15-9-12-22(13-10-15)26(24,25)23-11-5-6-16(14-23)19-20-17-7-3-4-8-18(17)21(19)2/h3-4,7-8,15-16H,5-6,9-14H2,1-2H3/t16-/m1/s1. The summed E-state index contributed by atoms with van der Waals surface area (Å²) in [7, 11) is -1.33. The zero-order valence-electron chi connectivity index (χ0n) is 15.6. The molecule has 0 amide bonds. The van der Waals surface area contributed by atoms with Crippen LogP contribution in [0, 0.1) is 5.92 Å². The maximum atomic E-state index is 13.1. The first-order valence-corrected chi connectivity index (χ1v) is 11.0. The Labute approximate surface area is 156 Å². The van der Waals surface area contributed by atoms with E-state index in [1.807, 2.05) is 25.2 Å². The van der Waals surface area contributed by atoms with E-state index in [1.165, 1.54) is 0 Å². The average Bonchev–Trinajstić information content (AvgIpc) is 2.99. The fourth-order valence-corrected chi connectivity index (χ4v) is 6.00. The van der Waals surface area contributed by atoms with Gasteiger partial charge in [0, 0.05) is 39.1 Å². The molecule has 1 atom stereocenters. The Kier molecular flexibility index (Phi) is 4.79. The second-order valence-electron chi connectivity index (χ2n) is 7.80. The number of hydrogen-bond acceptors (Lipinski definition) is 3. The number of hydrogen-bond donors (Lipinski definition) is 0. The molecule has 4 rings (SSSR count). The Morgan fingerprint density at radius 2 is 1.77 bits per heavy atom. The molecule has 2 aromatic rings. The minimum atomic E-state index is -3.36. The molecule has 0 aliphatic carbocycles. The van der Waals surface area contributed by atoms with E-state index in [0.717, 1.165) is 42.5 Å². The molecule has 1 aromatic heterocycles. The number of piperidine rings is 2. The highest BCUT2D eigenvalue weighted by molar-refractivity contribution is 7.86. The van der Waals surface area contributed by atoms with Crippen LogP contribution in [0.2, 0.25) is 0 Å². The van der Waals surface area contributed by atoms with E-state index in [9.17, 15) is 8.42 Å². The fraction of sp³-hybridized carbons (Fsp3) is 0.632.